The monoisotopic (exact) mass is 295 g/mol. The zero-order chi connectivity index (χ0) is 14.9. The predicted molar refractivity (Wildman–Crippen MR) is 81.0 cm³/mol. The van der Waals surface area contributed by atoms with Gasteiger partial charge in [-0.3, -0.25) is 0 Å². The number of nitrogens with one attached hydrogen (secondary N) is 1. The molecule has 1 heterocycles. The number of rotatable bonds is 9. The van der Waals surface area contributed by atoms with Crippen LogP contribution >= 0.6 is 0 Å². The van der Waals surface area contributed by atoms with Crippen molar-refractivity contribution in [2.75, 3.05) is 33.4 Å². The Labute approximate surface area is 126 Å². The topological polar surface area (TPSA) is 60.0 Å². The number of fused-ring (bicyclic) bond motifs is 1. The van der Waals surface area contributed by atoms with E-state index >= 15 is 0 Å². The first kappa shape index (κ1) is 16.1. The molecule has 1 aromatic rings. The van der Waals surface area contributed by atoms with Crippen LogP contribution in [-0.4, -0.2) is 50.7 Å². The molecule has 0 spiro atoms. The largest absolute Gasteiger partial charge is 0.486 e. The summed E-state index contributed by atoms with van der Waals surface area (Å²) in [6, 6.07) is 7.53. The number of benzene rings is 1. The van der Waals surface area contributed by atoms with Gasteiger partial charge in [-0.25, -0.2) is 0 Å². The highest BCUT2D eigenvalue weighted by molar-refractivity contribution is 5.40. The van der Waals surface area contributed by atoms with Crippen LogP contribution in [0, 0.1) is 0 Å². The van der Waals surface area contributed by atoms with E-state index in [-0.39, 0.29) is 6.10 Å². The molecule has 2 atom stereocenters. The predicted octanol–water partition coefficient (Wildman–Crippen LogP) is 1.59. The lowest BCUT2D eigenvalue weighted by molar-refractivity contribution is -0.00900. The first-order chi connectivity index (χ1) is 10.3. The third kappa shape index (κ3) is 5.19. The van der Waals surface area contributed by atoms with Crippen molar-refractivity contribution in [2.24, 2.45) is 0 Å². The van der Waals surface area contributed by atoms with Crippen molar-refractivity contribution in [2.45, 2.75) is 31.5 Å². The fourth-order valence-electron chi connectivity index (χ4n) is 2.28. The smallest absolute Gasteiger partial charge is 0.161 e. The Kier molecular flexibility index (Phi) is 6.79. The lowest BCUT2D eigenvalue weighted by Gasteiger charge is -2.29. The lowest BCUT2D eigenvalue weighted by atomic mass is 10.1. The highest BCUT2D eigenvalue weighted by Crippen LogP contribution is 2.31. The quantitative estimate of drug-likeness (QED) is 0.678. The van der Waals surface area contributed by atoms with Crippen LogP contribution in [0.3, 0.4) is 0 Å². The van der Waals surface area contributed by atoms with Crippen LogP contribution in [0.5, 0.6) is 11.5 Å². The molecule has 0 aliphatic carbocycles. The minimum atomic E-state index is -0.572. The summed E-state index contributed by atoms with van der Waals surface area (Å²) in [5, 5.41) is 13.4. The van der Waals surface area contributed by atoms with Crippen LogP contribution in [0.4, 0.5) is 0 Å². The summed E-state index contributed by atoms with van der Waals surface area (Å²) in [6.45, 7) is 2.61. The Hall–Kier alpha value is -1.30. The average Bonchev–Trinajstić information content (AvgIpc) is 2.53. The van der Waals surface area contributed by atoms with E-state index in [4.69, 9.17) is 14.2 Å². The van der Waals surface area contributed by atoms with Crippen molar-refractivity contribution in [3.8, 4) is 11.5 Å². The number of ether oxygens (including phenoxy) is 3. The van der Waals surface area contributed by atoms with E-state index in [1.807, 2.05) is 24.3 Å². The summed E-state index contributed by atoms with van der Waals surface area (Å²) in [6.07, 6.45) is 2.41. The third-order valence-corrected chi connectivity index (χ3v) is 3.52. The number of aliphatic hydroxyl groups is 1. The Morgan fingerprint density at radius 1 is 1.29 bits per heavy atom. The molecular weight excluding hydrogens is 270 g/mol. The molecule has 2 rings (SSSR count). The molecule has 0 fully saturated rings. The first-order valence-electron chi connectivity index (χ1n) is 7.57. The van der Waals surface area contributed by atoms with E-state index in [1.54, 1.807) is 7.11 Å². The van der Waals surface area contributed by atoms with E-state index in [0.29, 0.717) is 18.9 Å². The number of methoxy groups -OCH3 is 1. The number of hydrogen-bond donors (Lipinski definition) is 2. The second-order valence-electron chi connectivity index (χ2n) is 5.24. The van der Waals surface area contributed by atoms with E-state index in [1.165, 1.54) is 0 Å². The number of hydrogen-bond acceptors (Lipinski definition) is 5. The van der Waals surface area contributed by atoms with Gasteiger partial charge in [0.05, 0.1) is 0 Å². The van der Waals surface area contributed by atoms with Crippen LogP contribution in [0.1, 0.15) is 19.3 Å². The molecular formula is C16H25NO4. The molecule has 0 radical (unpaired) electrons. The Bertz CT molecular complexity index is 413. The molecule has 0 amide bonds. The molecule has 0 saturated heterocycles. The molecule has 1 aliphatic heterocycles. The fraction of sp³-hybridized carbons (Fsp3) is 0.625. The molecule has 2 unspecified atom stereocenters. The Morgan fingerprint density at radius 2 is 2.10 bits per heavy atom. The van der Waals surface area contributed by atoms with Gasteiger partial charge < -0.3 is 24.6 Å². The summed E-state index contributed by atoms with van der Waals surface area (Å²) < 4.78 is 16.4. The van der Waals surface area contributed by atoms with Gasteiger partial charge in [-0.05, 0) is 37.9 Å². The van der Waals surface area contributed by atoms with Gasteiger partial charge in [-0.15, -0.1) is 0 Å². The maximum Gasteiger partial charge on any atom is 0.161 e. The third-order valence-electron chi connectivity index (χ3n) is 3.52. The molecule has 5 heteroatoms. The summed E-state index contributed by atoms with van der Waals surface area (Å²) >= 11 is 0. The van der Waals surface area contributed by atoms with Gasteiger partial charge in [0.15, 0.2) is 17.6 Å². The lowest BCUT2D eigenvalue weighted by Crippen LogP contribution is -2.45. The van der Waals surface area contributed by atoms with Gasteiger partial charge in [0.25, 0.3) is 0 Å². The zero-order valence-electron chi connectivity index (χ0n) is 12.6. The zero-order valence-corrected chi connectivity index (χ0v) is 12.6. The van der Waals surface area contributed by atoms with Gasteiger partial charge in [0, 0.05) is 20.3 Å². The maximum atomic E-state index is 10.2. The molecule has 118 valence electrons. The van der Waals surface area contributed by atoms with Crippen LogP contribution in [0.15, 0.2) is 24.3 Å². The molecule has 5 nitrogen and oxygen atoms in total. The first-order valence-corrected chi connectivity index (χ1v) is 7.57. The van der Waals surface area contributed by atoms with Crippen molar-refractivity contribution in [3.05, 3.63) is 24.3 Å². The molecule has 2 N–H and O–H groups in total. The summed E-state index contributed by atoms with van der Waals surface area (Å²) in [5.41, 5.74) is 0. The maximum absolute atomic E-state index is 10.2. The van der Waals surface area contributed by atoms with E-state index in [0.717, 1.165) is 38.2 Å². The van der Waals surface area contributed by atoms with E-state index < -0.39 is 6.10 Å². The number of para-hydroxylation sites is 2. The average molecular weight is 295 g/mol. The number of unbranched alkanes of at least 4 members (excludes halogenated alkanes) is 2. The summed E-state index contributed by atoms with van der Waals surface area (Å²) in [7, 11) is 1.72. The Balaban J connectivity index is 1.62. The summed E-state index contributed by atoms with van der Waals surface area (Å²) in [5.74, 6) is 1.44. The van der Waals surface area contributed by atoms with Gasteiger partial charge >= 0.3 is 0 Å². The second kappa shape index (κ2) is 8.87. The van der Waals surface area contributed by atoms with Gasteiger partial charge in [0.2, 0.25) is 0 Å². The Morgan fingerprint density at radius 3 is 2.90 bits per heavy atom. The van der Waals surface area contributed by atoms with Crippen LogP contribution in [-0.2, 0) is 4.74 Å². The van der Waals surface area contributed by atoms with Crippen molar-refractivity contribution in [3.63, 3.8) is 0 Å². The highest BCUT2D eigenvalue weighted by Gasteiger charge is 2.26. The normalized spacial score (nSPS) is 18.5. The molecule has 1 aromatic carbocycles. The van der Waals surface area contributed by atoms with Crippen molar-refractivity contribution >= 4 is 0 Å². The van der Waals surface area contributed by atoms with Gasteiger partial charge in [0.1, 0.15) is 12.7 Å². The van der Waals surface area contributed by atoms with Gasteiger partial charge in [-0.1, -0.05) is 12.1 Å². The van der Waals surface area contributed by atoms with Crippen LogP contribution in [0.25, 0.3) is 0 Å². The molecule has 0 bridgehead atoms. The molecule has 1 aliphatic rings. The van der Waals surface area contributed by atoms with Crippen LogP contribution in [0.2, 0.25) is 0 Å². The van der Waals surface area contributed by atoms with Crippen molar-refractivity contribution in [1.29, 1.82) is 0 Å². The fourth-order valence-corrected chi connectivity index (χ4v) is 2.28. The second-order valence-corrected chi connectivity index (χ2v) is 5.24. The van der Waals surface area contributed by atoms with E-state index in [9.17, 15) is 5.11 Å². The van der Waals surface area contributed by atoms with E-state index in [2.05, 4.69) is 5.32 Å². The molecule has 0 aromatic heterocycles. The minimum Gasteiger partial charge on any atom is -0.486 e. The standard InChI is InChI=1S/C16H25NO4/c1-19-10-6-2-5-9-17-11-13(18)16-12-20-14-7-3-4-8-15(14)21-16/h3-4,7-8,13,16-18H,2,5-6,9-12H2,1H3. The molecule has 21 heavy (non-hydrogen) atoms. The molecule has 0 saturated carbocycles. The minimum absolute atomic E-state index is 0.319. The SMILES string of the molecule is COCCCCCNCC(O)C1COc2ccccc2O1. The van der Waals surface area contributed by atoms with Gasteiger partial charge in [-0.2, -0.15) is 0 Å². The number of aliphatic hydroxyl groups excluding tert-OH is 1. The van der Waals surface area contributed by atoms with Crippen molar-refractivity contribution in [1.82, 2.24) is 5.32 Å². The highest BCUT2D eigenvalue weighted by atomic mass is 16.6. The van der Waals surface area contributed by atoms with Crippen LogP contribution < -0.4 is 14.8 Å². The van der Waals surface area contributed by atoms with Crippen molar-refractivity contribution < 1.29 is 19.3 Å². The summed E-state index contributed by atoms with van der Waals surface area (Å²) in [4.78, 5) is 0.